The summed E-state index contributed by atoms with van der Waals surface area (Å²) in [5.41, 5.74) is -0.0772. The minimum Gasteiger partial charge on any atom is -0.395 e. The van der Waals surface area contributed by atoms with E-state index in [1.807, 2.05) is 0 Å². The van der Waals surface area contributed by atoms with Gasteiger partial charge in [0.25, 0.3) is 0 Å². The summed E-state index contributed by atoms with van der Waals surface area (Å²) in [6.07, 6.45) is 14.0. The van der Waals surface area contributed by atoms with Gasteiger partial charge in [-0.3, -0.25) is 0 Å². The van der Waals surface area contributed by atoms with E-state index in [0.29, 0.717) is 10.0 Å². The molecule has 0 amide bonds. The fourth-order valence-electron chi connectivity index (χ4n) is 4.02. The number of alkyl halides is 1. The van der Waals surface area contributed by atoms with E-state index in [4.69, 9.17) is 4.74 Å². The first-order chi connectivity index (χ1) is 8.75. The third-order valence-electron chi connectivity index (χ3n) is 5.08. The normalized spacial score (nSPS) is 45.1. The lowest BCUT2D eigenvalue weighted by Crippen LogP contribution is -2.41. The second-order valence-corrected chi connectivity index (χ2v) is 7.84. The molecule has 1 N–H and O–H groups in total. The summed E-state index contributed by atoms with van der Waals surface area (Å²) in [7, 11) is 0. The molecule has 1 saturated heterocycles. The van der Waals surface area contributed by atoms with E-state index in [2.05, 4.69) is 34.7 Å². The highest BCUT2D eigenvalue weighted by Crippen LogP contribution is 2.49. The van der Waals surface area contributed by atoms with Gasteiger partial charge in [-0.05, 0) is 31.6 Å². The van der Waals surface area contributed by atoms with Crippen molar-refractivity contribution in [2.45, 2.75) is 61.1 Å². The Bertz CT molecular complexity index is 324. The van der Waals surface area contributed by atoms with Gasteiger partial charge in [-0.2, -0.15) is 0 Å². The van der Waals surface area contributed by atoms with Crippen molar-refractivity contribution in [3.8, 4) is 0 Å². The van der Waals surface area contributed by atoms with Crippen molar-refractivity contribution in [1.29, 1.82) is 0 Å². The number of hydrogen-bond donors (Lipinski definition) is 1. The largest absolute Gasteiger partial charge is 0.395 e. The maximum Gasteiger partial charge on any atom is 0.0813 e. The quantitative estimate of drug-likeness (QED) is 0.463. The first-order valence-corrected chi connectivity index (χ1v) is 8.58. The smallest absolute Gasteiger partial charge is 0.0813 e. The standard InChI is InChI=1S/C15H23IO2/c16-12-7-4-8-15(10-17)9-13(18-14(12)15)11-5-2-1-3-6-11/h4,8,11-14,17H,1-3,5-7,9-10H2/t12-,13-,14+,15+/m1/s1. The van der Waals surface area contributed by atoms with E-state index in [1.165, 1.54) is 32.1 Å². The van der Waals surface area contributed by atoms with Crippen LogP contribution in [0.15, 0.2) is 12.2 Å². The minimum absolute atomic E-state index is 0.0772. The Hall–Kier alpha value is 0.390. The summed E-state index contributed by atoms with van der Waals surface area (Å²) in [5, 5.41) is 9.85. The highest BCUT2D eigenvalue weighted by molar-refractivity contribution is 14.1. The van der Waals surface area contributed by atoms with Gasteiger partial charge in [0.2, 0.25) is 0 Å². The number of hydrogen-bond acceptors (Lipinski definition) is 2. The molecule has 3 heteroatoms. The molecule has 18 heavy (non-hydrogen) atoms. The van der Waals surface area contributed by atoms with Crippen molar-refractivity contribution in [3.63, 3.8) is 0 Å². The SMILES string of the molecule is OC[C@@]12C=CC[C@@H](I)[C@@H]1O[C@@H](C1CCCCC1)C2. The van der Waals surface area contributed by atoms with Crippen LogP contribution in [0.2, 0.25) is 0 Å². The van der Waals surface area contributed by atoms with E-state index in [0.717, 1.165) is 18.8 Å². The highest BCUT2D eigenvalue weighted by Gasteiger charge is 2.52. The fraction of sp³-hybridized carbons (Fsp3) is 0.867. The molecule has 0 aromatic carbocycles. The van der Waals surface area contributed by atoms with Crippen LogP contribution in [0.25, 0.3) is 0 Å². The van der Waals surface area contributed by atoms with Gasteiger partial charge in [0.15, 0.2) is 0 Å². The number of ether oxygens (including phenoxy) is 1. The van der Waals surface area contributed by atoms with Crippen LogP contribution in [-0.4, -0.2) is 27.8 Å². The number of aliphatic hydroxyl groups is 1. The molecule has 0 spiro atoms. The van der Waals surface area contributed by atoms with Crippen molar-refractivity contribution in [2.75, 3.05) is 6.61 Å². The van der Waals surface area contributed by atoms with Gasteiger partial charge in [-0.1, -0.05) is 54.0 Å². The van der Waals surface area contributed by atoms with E-state index in [1.54, 1.807) is 0 Å². The van der Waals surface area contributed by atoms with Crippen LogP contribution in [-0.2, 0) is 4.74 Å². The van der Waals surface area contributed by atoms with Crippen LogP contribution >= 0.6 is 22.6 Å². The third-order valence-corrected chi connectivity index (χ3v) is 6.24. The van der Waals surface area contributed by atoms with Gasteiger partial charge in [0.1, 0.15) is 0 Å². The molecule has 3 aliphatic rings. The maximum atomic E-state index is 9.85. The molecule has 2 fully saturated rings. The molecular weight excluding hydrogens is 339 g/mol. The Labute approximate surface area is 123 Å². The summed E-state index contributed by atoms with van der Waals surface area (Å²) in [6, 6.07) is 0. The summed E-state index contributed by atoms with van der Waals surface area (Å²) in [5.74, 6) is 0.741. The van der Waals surface area contributed by atoms with Crippen molar-refractivity contribution < 1.29 is 9.84 Å². The Balaban J connectivity index is 1.76. The number of halogens is 1. The molecule has 2 nitrogen and oxygen atoms in total. The van der Waals surface area contributed by atoms with E-state index in [9.17, 15) is 5.11 Å². The van der Waals surface area contributed by atoms with Crippen LogP contribution in [0.4, 0.5) is 0 Å². The van der Waals surface area contributed by atoms with Crippen LogP contribution in [0.1, 0.15) is 44.9 Å². The molecule has 102 valence electrons. The average molecular weight is 362 g/mol. The van der Waals surface area contributed by atoms with Crippen molar-refractivity contribution in [3.05, 3.63) is 12.2 Å². The Morgan fingerprint density at radius 1 is 1.28 bits per heavy atom. The number of fused-ring (bicyclic) bond motifs is 1. The molecule has 3 rings (SSSR count). The summed E-state index contributed by atoms with van der Waals surface area (Å²) < 4.78 is 6.91. The lowest BCUT2D eigenvalue weighted by Gasteiger charge is -2.35. The highest BCUT2D eigenvalue weighted by atomic mass is 127. The zero-order chi connectivity index (χ0) is 12.6. The summed E-state index contributed by atoms with van der Waals surface area (Å²) in [6.45, 7) is 0.247. The van der Waals surface area contributed by atoms with Crippen molar-refractivity contribution in [2.24, 2.45) is 11.3 Å². The number of rotatable bonds is 2. The van der Waals surface area contributed by atoms with Gasteiger partial charge < -0.3 is 9.84 Å². The van der Waals surface area contributed by atoms with Crippen LogP contribution in [0.3, 0.4) is 0 Å². The van der Waals surface area contributed by atoms with Gasteiger partial charge in [0.05, 0.1) is 18.8 Å². The molecule has 0 radical (unpaired) electrons. The molecular formula is C15H23IO2. The van der Waals surface area contributed by atoms with Crippen LogP contribution in [0.5, 0.6) is 0 Å². The lowest BCUT2D eigenvalue weighted by molar-refractivity contribution is -0.0198. The monoisotopic (exact) mass is 362 g/mol. The zero-order valence-corrected chi connectivity index (χ0v) is 13.0. The van der Waals surface area contributed by atoms with Gasteiger partial charge in [-0.25, -0.2) is 0 Å². The molecule has 1 aliphatic heterocycles. The fourth-order valence-corrected chi connectivity index (χ4v) is 5.20. The Kier molecular flexibility index (Phi) is 4.02. The predicted molar refractivity (Wildman–Crippen MR) is 80.9 cm³/mol. The first-order valence-electron chi connectivity index (χ1n) is 7.33. The van der Waals surface area contributed by atoms with Crippen LogP contribution in [0, 0.1) is 11.3 Å². The second kappa shape index (κ2) is 5.41. The van der Waals surface area contributed by atoms with Gasteiger partial charge >= 0.3 is 0 Å². The second-order valence-electron chi connectivity index (χ2n) is 6.24. The average Bonchev–Trinajstić information content (AvgIpc) is 2.82. The predicted octanol–water partition coefficient (Wildman–Crippen LogP) is 3.47. The molecule has 4 atom stereocenters. The summed E-state index contributed by atoms with van der Waals surface area (Å²) >= 11 is 2.50. The summed E-state index contributed by atoms with van der Waals surface area (Å²) in [4.78, 5) is 0. The van der Waals surface area contributed by atoms with Crippen LogP contribution < -0.4 is 0 Å². The van der Waals surface area contributed by atoms with Gasteiger partial charge in [-0.15, -0.1) is 0 Å². The van der Waals surface area contributed by atoms with E-state index >= 15 is 0 Å². The Morgan fingerprint density at radius 3 is 2.72 bits per heavy atom. The number of aliphatic hydroxyl groups excluding tert-OH is 1. The molecule has 0 unspecified atom stereocenters. The molecule has 0 aromatic heterocycles. The lowest BCUT2D eigenvalue weighted by atomic mass is 9.73. The van der Waals surface area contributed by atoms with Crippen molar-refractivity contribution in [1.82, 2.24) is 0 Å². The molecule has 0 aromatic rings. The minimum atomic E-state index is -0.0772. The first kappa shape index (κ1) is 13.4. The third kappa shape index (κ3) is 2.27. The van der Waals surface area contributed by atoms with E-state index < -0.39 is 0 Å². The van der Waals surface area contributed by atoms with Gasteiger partial charge in [0, 0.05) is 9.34 Å². The maximum absolute atomic E-state index is 9.85. The molecule has 2 aliphatic carbocycles. The molecule has 0 bridgehead atoms. The van der Waals surface area contributed by atoms with Crippen molar-refractivity contribution >= 4 is 22.6 Å². The topological polar surface area (TPSA) is 29.5 Å². The Morgan fingerprint density at radius 2 is 2.06 bits per heavy atom. The zero-order valence-electron chi connectivity index (χ0n) is 10.9. The molecule has 1 saturated carbocycles. The number of allylic oxidation sites excluding steroid dienone is 1. The van der Waals surface area contributed by atoms with E-state index in [-0.39, 0.29) is 18.1 Å². The molecule has 1 heterocycles.